The molecule has 0 bridgehead atoms. The van der Waals surface area contributed by atoms with E-state index in [1.54, 1.807) is 12.1 Å². The second kappa shape index (κ2) is 7.51. The zero-order valence-electron chi connectivity index (χ0n) is 13.3. The molecule has 0 aliphatic carbocycles. The average Bonchev–Trinajstić information content (AvgIpc) is 2.60. The zero-order valence-corrected chi connectivity index (χ0v) is 15.7. The molecule has 1 amide bonds. The third-order valence-corrected chi connectivity index (χ3v) is 5.43. The summed E-state index contributed by atoms with van der Waals surface area (Å²) in [5, 5.41) is 4.07. The van der Waals surface area contributed by atoms with Crippen molar-refractivity contribution in [3.8, 4) is 0 Å². The lowest BCUT2D eigenvalue weighted by Gasteiger charge is -2.25. The fraction of sp³-hybridized carbons (Fsp3) is 0.167. The molecule has 1 aliphatic heterocycles. The molecule has 1 atom stereocenters. The van der Waals surface area contributed by atoms with Gasteiger partial charge < -0.3 is 5.32 Å². The molecule has 7 heteroatoms. The smallest absolute Gasteiger partial charge is 0.257 e. The van der Waals surface area contributed by atoms with E-state index < -0.39 is 22.0 Å². The van der Waals surface area contributed by atoms with E-state index in [0.717, 1.165) is 33.0 Å². The van der Waals surface area contributed by atoms with Gasteiger partial charge in [-0.1, -0.05) is 52.3 Å². The number of carbonyl (C=O) groups is 1. The second-order valence-electron chi connectivity index (χ2n) is 5.70. The highest BCUT2D eigenvalue weighted by Gasteiger charge is 2.27. The summed E-state index contributed by atoms with van der Waals surface area (Å²) in [5.74, 6) is -0.576. The highest BCUT2D eigenvalue weighted by molar-refractivity contribution is 9.10. The Morgan fingerprint density at radius 1 is 1.16 bits per heavy atom. The number of benzene rings is 2. The van der Waals surface area contributed by atoms with Gasteiger partial charge in [-0.05, 0) is 41.3 Å². The van der Waals surface area contributed by atoms with Crippen LogP contribution in [0.3, 0.4) is 0 Å². The summed E-state index contributed by atoms with van der Waals surface area (Å²) in [6, 6.07) is 14.1. The molecule has 0 aromatic heterocycles. The van der Waals surface area contributed by atoms with Crippen molar-refractivity contribution in [1.29, 1.82) is 0 Å². The largest absolute Gasteiger partial charge is 0.302 e. The summed E-state index contributed by atoms with van der Waals surface area (Å²) in [5.41, 5.74) is 2.60. The summed E-state index contributed by atoms with van der Waals surface area (Å²) in [7, 11) is -3.87. The number of halogens is 1. The van der Waals surface area contributed by atoms with Crippen LogP contribution in [0.25, 0.3) is 6.08 Å². The van der Waals surface area contributed by atoms with E-state index >= 15 is 0 Å². The molecular formula is C18H17BrN2O3S. The van der Waals surface area contributed by atoms with Crippen LogP contribution in [0.15, 0.2) is 58.4 Å². The Balaban J connectivity index is 1.73. The van der Waals surface area contributed by atoms with E-state index in [0.29, 0.717) is 6.54 Å². The van der Waals surface area contributed by atoms with Crippen LogP contribution in [0, 0.1) is 0 Å². The average molecular weight is 421 g/mol. The van der Waals surface area contributed by atoms with Crippen LogP contribution in [-0.4, -0.2) is 20.9 Å². The monoisotopic (exact) mass is 420 g/mol. The van der Waals surface area contributed by atoms with Crippen molar-refractivity contribution < 1.29 is 13.2 Å². The SMILES string of the molecule is O=C(NS(=O)(=O)C=Cc1ccc(Br)cc1)C1NCCc2ccccc21. The Hall–Kier alpha value is -1.96. The maximum Gasteiger partial charge on any atom is 0.257 e. The molecular weight excluding hydrogens is 404 g/mol. The number of fused-ring (bicyclic) bond motifs is 1. The minimum atomic E-state index is -3.87. The van der Waals surface area contributed by atoms with Crippen molar-refractivity contribution in [2.24, 2.45) is 0 Å². The quantitative estimate of drug-likeness (QED) is 0.796. The van der Waals surface area contributed by atoms with Crippen LogP contribution >= 0.6 is 15.9 Å². The van der Waals surface area contributed by atoms with Gasteiger partial charge in [0.2, 0.25) is 0 Å². The van der Waals surface area contributed by atoms with Crippen LogP contribution in [-0.2, 0) is 21.2 Å². The topological polar surface area (TPSA) is 75.3 Å². The molecule has 1 aliphatic rings. The number of nitrogens with one attached hydrogen (secondary N) is 2. The number of sulfonamides is 1. The first-order valence-corrected chi connectivity index (χ1v) is 10.1. The Morgan fingerprint density at radius 2 is 1.88 bits per heavy atom. The normalized spacial score (nSPS) is 17.2. The molecule has 0 saturated carbocycles. The van der Waals surface area contributed by atoms with Crippen molar-refractivity contribution in [3.05, 3.63) is 75.1 Å². The number of carbonyl (C=O) groups excluding carboxylic acids is 1. The second-order valence-corrected chi connectivity index (χ2v) is 8.18. The first kappa shape index (κ1) is 17.8. The van der Waals surface area contributed by atoms with Crippen LogP contribution in [0.2, 0.25) is 0 Å². The molecule has 3 rings (SSSR count). The molecule has 2 aromatic carbocycles. The predicted molar refractivity (Wildman–Crippen MR) is 101 cm³/mol. The standard InChI is InChI=1S/C18H17BrN2O3S/c19-15-7-5-13(6-8-15)10-12-25(23,24)21-18(22)17-16-4-2-1-3-14(16)9-11-20-17/h1-8,10,12,17,20H,9,11H2,(H,21,22). The maximum absolute atomic E-state index is 12.4. The molecule has 2 aromatic rings. The van der Waals surface area contributed by atoms with Crippen molar-refractivity contribution in [2.45, 2.75) is 12.5 Å². The Bertz CT molecular complexity index is 908. The lowest BCUT2D eigenvalue weighted by molar-refractivity contribution is -0.121. The first-order chi connectivity index (χ1) is 11.9. The van der Waals surface area contributed by atoms with E-state index in [1.165, 1.54) is 6.08 Å². The molecule has 5 nitrogen and oxygen atoms in total. The fourth-order valence-electron chi connectivity index (χ4n) is 2.71. The molecule has 25 heavy (non-hydrogen) atoms. The minimum Gasteiger partial charge on any atom is -0.302 e. The molecule has 1 heterocycles. The minimum absolute atomic E-state index is 0.576. The van der Waals surface area contributed by atoms with Gasteiger partial charge in [-0.2, -0.15) is 0 Å². The van der Waals surface area contributed by atoms with Gasteiger partial charge in [0, 0.05) is 11.0 Å². The summed E-state index contributed by atoms with van der Waals surface area (Å²) in [6.07, 6.45) is 2.26. The Kier molecular flexibility index (Phi) is 5.36. The lowest BCUT2D eigenvalue weighted by Crippen LogP contribution is -2.42. The van der Waals surface area contributed by atoms with E-state index in [2.05, 4.69) is 26.0 Å². The van der Waals surface area contributed by atoms with Gasteiger partial charge in [0.05, 0.1) is 5.41 Å². The summed E-state index contributed by atoms with van der Waals surface area (Å²) >= 11 is 3.32. The van der Waals surface area contributed by atoms with Crippen molar-refractivity contribution in [3.63, 3.8) is 0 Å². The molecule has 2 N–H and O–H groups in total. The Labute approximate surface area is 155 Å². The highest BCUT2D eigenvalue weighted by Crippen LogP contribution is 2.23. The first-order valence-electron chi connectivity index (χ1n) is 7.76. The van der Waals surface area contributed by atoms with Crippen molar-refractivity contribution >= 4 is 37.9 Å². The molecule has 0 saturated heterocycles. The number of amides is 1. The maximum atomic E-state index is 12.4. The van der Waals surface area contributed by atoms with Crippen LogP contribution in [0.1, 0.15) is 22.7 Å². The predicted octanol–water partition coefficient (Wildman–Crippen LogP) is 2.75. The lowest BCUT2D eigenvalue weighted by atomic mass is 9.94. The van der Waals surface area contributed by atoms with Gasteiger partial charge in [0.15, 0.2) is 0 Å². The Morgan fingerprint density at radius 3 is 2.64 bits per heavy atom. The summed E-state index contributed by atoms with van der Waals surface area (Å²) in [6.45, 7) is 0.629. The zero-order chi connectivity index (χ0) is 17.9. The fourth-order valence-corrected chi connectivity index (χ4v) is 3.78. The van der Waals surface area contributed by atoms with E-state index in [-0.39, 0.29) is 0 Å². The van der Waals surface area contributed by atoms with Crippen molar-refractivity contribution in [2.75, 3.05) is 6.54 Å². The molecule has 0 spiro atoms. The third-order valence-electron chi connectivity index (χ3n) is 3.92. The van der Waals surface area contributed by atoms with Gasteiger partial charge in [-0.15, -0.1) is 0 Å². The van der Waals surface area contributed by atoms with Gasteiger partial charge >= 0.3 is 0 Å². The van der Waals surface area contributed by atoms with Gasteiger partial charge in [0.25, 0.3) is 15.9 Å². The van der Waals surface area contributed by atoms with Crippen LogP contribution < -0.4 is 10.0 Å². The number of rotatable bonds is 4. The van der Waals surface area contributed by atoms with Gasteiger partial charge in [-0.25, -0.2) is 13.1 Å². The van der Waals surface area contributed by atoms with Crippen molar-refractivity contribution in [1.82, 2.24) is 10.0 Å². The van der Waals surface area contributed by atoms with Gasteiger partial charge in [0.1, 0.15) is 6.04 Å². The van der Waals surface area contributed by atoms with Crippen LogP contribution in [0.5, 0.6) is 0 Å². The van der Waals surface area contributed by atoms with Crippen LogP contribution in [0.4, 0.5) is 0 Å². The highest BCUT2D eigenvalue weighted by atomic mass is 79.9. The third kappa shape index (κ3) is 4.56. The van der Waals surface area contributed by atoms with E-state index in [4.69, 9.17) is 0 Å². The molecule has 0 radical (unpaired) electrons. The van der Waals surface area contributed by atoms with E-state index in [9.17, 15) is 13.2 Å². The number of hydrogen-bond donors (Lipinski definition) is 2. The molecule has 0 fully saturated rings. The van der Waals surface area contributed by atoms with Gasteiger partial charge in [-0.3, -0.25) is 4.79 Å². The van der Waals surface area contributed by atoms with E-state index in [1.807, 2.05) is 36.4 Å². The summed E-state index contributed by atoms with van der Waals surface area (Å²) < 4.78 is 27.4. The summed E-state index contributed by atoms with van der Waals surface area (Å²) in [4.78, 5) is 12.4. The number of hydrogen-bond acceptors (Lipinski definition) is 4. The molecule has 1 unspecified atom stereocenters. The molecule has 130 valence electrons.